The minimum absolute atomic E-state index is 0.221. The number of aromatic nitrogens is 1. The van der Waals surface area contributed by atoms with Crippen LogP contribution >= 0.6 is 27.3 Å². The number of anilines is 1. The lowest BCUT2D eigenvalue weighted by Gasteiger charge is -2.25. The topological polar surface area (TPSA) is 45.7 Å². The van der Waals surface area contributed by atoms with Crippen LogP contribution in [-0.2, 0) is 4.74 Å². The van der Waals surface area contributed by atoms with Crippen molar-refractivity contribution in [2.45, 2.75) is 26.4 Å². The molecule has 1 amide bonds. The summed E-state index contributed by atoms with van der Waals surface area (Å²) in [6, 6.07) is 0. The Morgan fingerprint density at radius 1 is 1.48 bits per heavy atom. The van der Waals surface area contributed by atoms with Crippen LogP contribution in [0.25, 0.3) is 0 Å². The summed E-state index contributed by atoms with van der Waals surface area (Å²) in [6.07, 6.45) is 1.90. The summed E-state index contributed by atoms with van der Waals surface area (Å²) in [7, 11) is 0. The van der Waals surface area contributed by atoms with Crippen LogP contribution in [0, 0.1) is 5.92 Å². The van der Waals surface area contributed by atoms with Gasteiger partial charge in [0, 0.05) is 37.1 Å². The van der Waals surface area contributed by atoms with E-state index in [9.17, 15) is 4.79 Å². The number of rotatable bonds is 1. The van der Waals surface area contributed by atoms with Crippen LogP contribution in [0.2, 0.25) is 0 Å². The molecule has 1 unspecified atom stereocenters. The standard InChI is InChI=1S/C14H18BrN3O2S/c1-14(2,3)20-13(19)18-6-9-4-17(5-10(9)7-18)12-16-11(15)8-21-12/h4,8,10H,5-7H2,1-3H3. The van der Waals surface area contributed by atoms with Crippen LogP contribution < -0.4 is 4.90 Å². The van der Waals surface area contributed by atoms with Crippen molar-refractivity contribution in [2.75, 3.05) is 24.5 Å². The lowest BCUT2D eigenvalue weighted by Crippen LogP contribution is -2.36. The minimum atomic E-state index is -0.442. The Balaban J connectivity index is 1.65. The van der Waals surface area contributed by atoms with Gasteiger partial charge < -0.3 is 14.5 Å². The van der Waals surface area contributed by atoms with Crippen LogP contribution in [-0.4, -0.2) is 41.2 Å². The van der Waals surface area contributed by atoms with Gasteiger partial charge in [0.15, 0.2) is 5.13 Å². The fourth-order valence-electron chi connectivity index (χ4n) is 2.59. The van der Waals surface area contributed by atoms with Crippen LogP contribution in [0.5, 0.6) is 0 Å². The number of halogens is 1. The molecule has 1 saturated heterocycles. The molecule has 0 bridgehead atoms. The Morgan fingerprint density at radius 3 is 2.81 bits per heavy atom. The van der Waals surface area contributed by atoms with Gasteiger partial charge in [0.25, 0.3) is 0 Å². The second-order valence-electron chi connectivity index (χ2n) is 6.37. The third-order valence-electron chi connectivity index (χ3n) is 3.44. The fraction of sp³-hybridized carbons (Fsp3) is 0.571. The number of thiazole rings is 1. The van der Waals surface area contributed by atoms with Gasteiger partial charge in [0.1, 0.15) is 10.2 Å². The van der Waals surface area contributed by atoms with Gasteiger partial charge in [0.05, 0.1) is 0 Å². The number of amides is 1. The Labute approximate surface area is 136 Å². The van der Waals surface area contributed by atoms with Crippen molar-refractivity contribution in [3.8, 4) is 0 Å². The highest BCUT2D eigenvalue weighted by Gasteiger charge is 2.37. The molecule has 0 spiro atoms. The molecule has 1 aromatic rings. The summed E-state index contributed by atoms with van der Waals surface area (Å²) in [5.41, 5.74) is 0.842. The van der Waals surface area contributed by atoms with Gasteiger partial charge in [-0.05, 0) is 42.3 Å². The number of carbonyl (C=O) groups excluding carboxylic acids is 1. The molecule has 21 heavy (non-hydrogen) atoms. The zero-order valence-corrected chi connectivity index (χ0v) is 14.7. The van der Waals surface area contributed by atoms with Gasteiger partial charge in [-0.2, -0.15) is 0 Å². The normalized spacial score (nSPS) is 21.5. The molecule has 0 saturated carbocycles. The molecule has 1 atom stereocenters. The van der Waals surface area contributed by atoms with Crippen LogP contribution in [0.4, 0.5) is 9.93 Å². The average Bonchev–Trinajstić information content (AvgIpc) is 2.98. The van der Waals surface area contributed by atoms with Crippen molar-refractivity contribution in [3.63, 3.8) is 0 Å². The summed E-state index contributed by atoms with van der Waals surface area (Å²) in [4.78, 5) is 20.5. The molecule has 0 radical (unpaired) electrons. The van der Waals surface area contributed by atoms with E-state index in [-0.39, 0.29) is 6.09 Å². The highest BCUT2D eigenvalue weighted by molar-refractivity contribution is 9.10. The van der Waals surface area contributed by atoms with Gasteiger partial charge in [-0.3, -0.25) is 0 Å². The van der Waals surface area contributed by atoms with Crippen molar-refractivity contribution >= 4 is 38.5 Å². The summed E-state index contributed by atoms with van der Waals surface area (Å²) in [5, 5.41) is 2.97. The maximum atomic E-state index is 12.1. The molecular formula is C14H18BrN3O2S. The second kappa shape index (κ2) is 5.28. The van der Waals surface area contributed by atoms with Crippen molar-refractivity contribution in [3.05, 3.63) is 21.8 Å². The summed E-state index contributed by atoms with van der Waals surface area (Å²) in [6.45, 7) is 7.94. The number of ether oxygens (including phenoxy) is 1. The van der Waals surface area contributed by atoms with E-state index in [4.69, 9.17) is 4.74 Å². The van der Waals surface area contributed by atoms with Crippen molar-refractivity contribution in [1.82, 2.24) is 9.88 Å². The fourth-order valence-corrected chi connectivity index (χ4v) is 3.82. The predicted molar refractivity (Wildman–Crippen MR) is 86.5 cm³/mol. The molecule has 1 aromatic heterocycles. The molecule has 2 aliphatic rings. The van der Waals surface area contributed by atoms with Crippen molar-refractivity contribution in [1.29, 1.82) is 0 Å². The average molecular weight is 372 g/mol. The van der Waals surface area contributed by atoms with E-state index in [0.717, 1.165) is 22.8 Å². The maximum Gasteiger partial charge on any atom is 0.410 e. The molecule has 3 rings (SSSR count). The molecule has 3 heterocycles. The number of fused-ring (bicyclic) bond motifs is 1. The maximum absolute atomic E-state index is 12.1. The van der Waals surface area contributed by atoms with Gasteiger partial charge in [-0.15, -0.1) is 11.3 Å². The monoisotopic (exact) mass is 371 g/mol. The molecule has 1 fully saturated rings. The predicted octanol–water partition coefficient (Wildman–Crippen LogP) is 3.48. The first kappa shape index (κ1) is 14.8. The summed E-state index contributed by atoms with van der Waals surface area (Å²) >= 11 is 5.00. The number of likely N-dealkylation sites (tertiary alicyclic amines) is 1. The lowest BCUT2D eigenvalue weighted by molar-refractivity contribution is 0.0291. The highest BCUT2D eigenvalue weighted by Crippen LogP contribution is 2.35. The van der Waals surface area contributed by atoms with E-state index >= 15 is 0 Å². The highest BCUT2D eigenvalue weighted by atomic mass is 79.9. The van der Waals surface area contributed by atoms with E-state index in [1.807, 2.05) is 26.2 Å². The van der Waals surface area contributed by atoms with E-state index in [0.29, 0.717) is 12.5 Å². The van der Waals surface area contributed by atoms with E-state index in [1.54, 1.807) is 16.2 Å². The molecule has 114 valence electrons. The van der Waals surface area contributed by atoms with Crippen molar-refractivity contribution < 1.29 is 9.53 Å². The first-order chi connectivity index (χ1) is 9.82. The number of carbonyl (C=O) groups is 1. The quantitative estimate of drug-likeness (QED) is 0.757. The molecule has 0 aromatic carbocycles. The summed E-state index contributed by atoms with van der Waals surface area (Å²) < 4.78 is 6.30. The Bertz CT molecular complexity index is 593. The van der Waals surface area contributed by atoms with Gasteiger partial charge >= 0.3 is 6.09 Å². The van der Waals surface area contributed by atoms with E-state index in [2.05, 4.69) is 32.0 Å². The van der Waals surface area contributed by atoms with Gasteiger partial charge in [0.2, 0.25) is 0 Å². The number of hydrogen-bond acceptors (Lipinski definition) is 5. The molecule has 0 aliphatic carbocycles. The Kier molecular flexibility index (Phi) is 3.73. The molecule has 5 nitrogen and oxygen atoms in total. The SMILES string of the molecule is CC(C)(C)OC(=O)N1CC2=CN(c3nc(Br)cs3)CC2C1. The van der Waals surface area contributed by atoms with Gasteiger partial charge in [-0.1, -0.05) is 0 Å². The zero-order valence-electron chi connectivity index (χ0n) is 12.3. The Morgan fingerprint density at radius 2 is 2.24 bits per heavy atom. The third kappa shape index (κ3) is 3.23. The third-order valence-corrected chi connectivity index (χ3v) is 5.03. The minimum Gasteiger partial charge on any atom is -0.444 e. The number of hydrogen-bond donors (Lipinski definition) is 0. The second-order valence-corrected chi connectivity index (χ2v) is 8.02. The van der Waals surface area contributed by atoms with Crippen LogP contribution in [0.3, 0.4) is 0 Å². The Hall–Kier alpha value is -1.08. The zero-order chi connectivity index (χ0) is 15.2. The smallest absolute Gasteiger partial charge is 0.410 e. The van der Waals surface area contributed by atoms with Crippen molar-refractivity contribution in [2.24, 2.45) is 5.92 Å². The first-order valence-corrected chi connectivity index (χ1v) is 8.55. The van der Waals surface area contributed by atoms with Crippen LogP contribution in [0.15, 0.2) is 21.8 Å². The number of nitrogens with zero attached hydrogens (tertiary/aromatic N) is 3. The molecule has 0 N–H and O–H groups in total. The van der Waals surface area contributed by atoms with E-state index in [1.165, 1.54) is 5.57 Å². The van der Waals surface area contributed by atoms with E-state index < -0.39 is 5.60 Å². The first-order valence-electron chi connectivity index (χ1n) is 6.88. The molecular weight excluding hydrogens is 354 g/mol. The molecule has 2 aliphatic heterocycles. The summed E-state index contributed by atoms with van der Waals surface area (Å²) in [5.74, 6) is 0.389. The molecule has 7 heteroatoms. The van der Waals surface area contributed by atoms with Crippen LogP contribution in [0.1, 0.15) is 20.8 Å². The van der Waals surface area contributed by atoms with Gasteiger partial charge in [-0.25, -0.2) is 9.78 Å². The largest absolute Gasteiger partial charge is 0.444 e. The lowest BCUT2D eigenvalue weighted by atomic mass is 10.1.